The summed E-state index contributed by atoms with van der Waals surface area (Å²) in [5, 5.41) is 55.1. The summed E-state index contributed by atoms with van der Waals surface area (Å²) in [7, 11) is 0. The third-order valence-electron chi connectivity index (χ3n) is 6.27. The van der Waals surface area contributed by atoms with Crippen LogP contribution in [-0.2, 0) is 9.59 Å². The summed E-state index contributed by atoms with van der Waals surface area (Å²) in [5.74, 6) is -6.85. The van der Waals surface area contributed by atoms with E-state index in [4.69, 9.17) is 5.73 Å². The predicted octanol–water partition coefficient (Wildman–Crippen LogP) is 1.39. The van der Waals surface area contributed by atoms with Crippen molar-refractivity contribution < 1.29 is 39.9 Å². The van der Waals surface area contributed by atoms with E-state index in [1.54, 1.807) is 26.0 Å². The molecule has 170 valence electrons. The number of nitrogens with two attached hydrogens (primary N) is 1. The van der Waals surface area contributed by atoms with Crippen molar-refractivity contribution in [3.8, 4) is 11.5 Å². The molecule has 3 atom stereocenters. The summed E-state index contributed by atoms with van der Waals surface area (Å²) in [4.78, 5) is 37.5. The second-order valence-corrected chi connectivity index (χ2v) is 8.13. The molecule has 9 heteroatoms. The van der Waals surface area contributed by atoms with Crippen LogP contribution in [0.5, 0.6) is 11.5 Å². The third kappa shape index (κ3) is 2.93. The summed E-state index contributed by atoms with van der Waals surface area (Å²) in [5.41, 5.74) is 2.17. The molecule has 3 rings (SSSR count). The minimum atomic E-state index is -2.97. The van der Waals surface area contributed by atoms with Crippen LogP contribution in [0, 0.1) is 19.8 Å². The molecule has 0 radical (unpaired) electrons. The average molecular weight is 443 g/mol. The molecule has 0 aliphatic heterocycles. The second-order valence-electron chi connectivity index (χ2n) is 8.13. The zero-order valence-corrected chi connectivity index (χ0v) is 18.1. The Balaban J connectivity index is 2.51. The largest absolute Gasteiger partial charge is 0.508 e. The molecule has 0 aromatic heterocycles. The van der Waals surface area contributed by atoms with Crippen LogP contribution in [0.1, 0.15) is 47.0 Å². The smallest absolute Gasteiger partial charge is 0.206 e. The molecule has 7 N–H and O–H groups in total. The van der Waals surface area contributed by atoms with Crippen LogP contribution in [0.3, 0.4) is 0 Å². The molecule has 9 nitrogen and oxygen atoms in total. The van der Waals surface area contributed by atoms with Gasteiger partial charge in [0, 0.05) is 12.5 Å². The van der Waals surface area contributed by atoms with Gasteiger partial charge in [0.05, 0.1) is 17.1 Å². The first kappa shape index (κ1) is 23.4. The molecule has 0 saturated carbocycles. The van der Waals surface area contributed by atoms with E-state index in [2.05, 4.69) is 0 Å². The molecule has 32 heavy (non-hydrogen) atoms. The van der Waals surface area contributed by atoms with Crippen LogP contribution < -0.4 is 5.73 Å². The zero-order valence-electron chi connectivity index (χ0n) is 18.1. The zero-order chi connectivity index (χ0) is 24.3. The molecule has 2 aromatic carbocycles. The first-order valence-electron chi connectivity index (χ1n) is 9.90. The van der Waals surface area contributed by atoms with Gasteiger partial charge in [-0.25, -0.2) is 0 Å². The molecule has 0 fully saturated rings. The number of Topliss-reactive ketones (excluding diaryl/α,β-unsaturated/α-hetero) is 3. The standard InChI is InChI=1S/C23H25NO8/c1-8-5-6-12-9(2)14-17(20(29)16(12)18(8)27)22(31)23(32,13(7-24)19(14)28)21(30)15(10(3)25)11(4)26/h5-6,13,19,27-30,32H,7,24H2,1-4H3/t13?,19?,23-/m1/s1. The Morgan fingerprint density at radius 2 is 1.66 bits per heavy atom. The number of allylic oxidation sites excluding steroid dienone is 1. The highest BCUT2D eigenvalue weighted by atomic mass is 16.4. The molecule has 1 aliphatic rings. The predicted molar refractivity (Wildman–Crippen MR) is 115 cm³/mol. The van der Waals surface area contributed by atoms with Crippen molar-refractivity contribution in [3.05, 3.63) is 45.7 Å². The SMILES string of the molecule is CC(=O)C(C(C)=O)=C(O)[C@@]1(O)C(=O)c2c(c(C)c3ccc(C)c(O)c3c2O)C(O)C1CN. The summed E-state index contributed by atoms with van der Waals surface area (Å²) >= 11 is 0. The highest BCUT2D eigenvalue weighted by Gasteiger charge is 2.58. The molecule has 2 aromatic rings. The van der Waals surface area contributed by atoms with Crippen molar-refractivity contribution in [1.82, 2.24) is 0 Å². The molecule has 0 heterocycles. The van der Waals surface area contributed by atoms with Crippen molar-refractivity contribution in [3.63, 3.8) is 0 Å². The number of aromatic hydroxyl groups is 2. The molecular weight excluding hydrogens is 418 g/mol. The molecule has 0 bridgehead atoms. The van der Waals surface area contributed by atoms with Crippen molar-refractivity contribution in [2.75, 3.05) is 6.54 Å². The number of phenols is 2. The summed E-state index contributed by atoms with van der Waals surface area (Å²) < 4.78 is 0. The van der Waals surface area contributed by atoms with Gasteiger partial charge in [-0.05, 0) is 49.8 Å². The minimum absolute atomic E-state index is 0.0246. The number of fused-ring (bicyclic) bond motifs is 2. The maximum absolute atomic E-state index is 13.6. The van der Waals surface area contributed by atoms with Gasteiger partial charge in [0.25, 0.3) is 0 Å². The van der Waals surface area contributed by atoms with E-state index in [0.717, 1.165) is 13.8 Å². The van der Waals surface area contributed by atoms with Gasteiger partial charge in [0.15, 0.2) is 17.2 Å². The molecular formula is C23H25NO8. The Bertz CT molecular complexity index is 1210. The first-order valence-corrected chi connectivity index (χ1v) is 9.90. The summed E-state index contributed by atoms with van der Waals surface area (Å²) in [6.45, 7) is 4.59. The van der Waals surface area contributed by atoms with E-state index in [1.807, 2.05) is 0 Å². The maximum atomic E-state index is 13.6. The van der Waals surface area contributed by atoms with Gasteiger partial charge in [0.1, 0.15) is 22.8 Å². The fourth-order valence-electron chi connectivity index (χ4n) is 4.58. The first-order chi connectivity index (χ1) is 14.8. The van der Waals surface area contributed by atoms with E-state index in [-0.39, 0.29) is 16.7 Å². The second kappa shape index (κ2) is 7.70. The lowest BCUT2D eigenvalue weighted by Gasteiger charge is -2.42. The van der Waals surface area contributed by atoms with Gasteiger partial charge in [-0.2, -0.15) is 0 Å². The molecule has 0 saturated heterocycles. The number of rotatable bonds is 4. The average Bonchev–Trinajstić information content (AvgIpc) is 2.70. The van der Waals surface area contributed by atoms with Gasteiger partial charge in [-0.1, -0.05) is 12.1 Å². The Morgan fingerprint density at radius 1 is 1.09 bits per heavy atom. The van der Waals surface area contributed by atoms with Gasteiger partial charge in [-0.15, -0.1) is 0 Å². The van der Waals surface area contributed by atoms with Crippen molar-refractivity contribution in [2.45, 2.75) is 39.4 Å². The van der Waals surface area contributed by atoms with Crippen LogP contribution in [0.15, 0.2) is 23.5 Å². The Morgan fingerprint density at radius 3 is 2.16 bits per heavy atom. The number of aryl methyl sites for hydroxylation is 2. The number of aliphatic hydroxyl groups excluding tert-OH is 2. The lowest BCUT2D eigenvalue weighted by molar-refractivity contribution is -0.120. The third-order valence-corrected chi connectivity index (χ3v) is 6.27. The highest BCUT2D eigenvalue weighted by Crippen LogP contribution is 2.51. The van der Waals surface area contributed by atoms with Crippen LogP contribution in [0.2, 0.25) is 0 Å². The van der Waals surface area contributed by atoms with Gasteiger partial charge >= 0.3 is 0 Å². The summed E-state index contributed by atoms with van der Waals surface area (Å²) in [6.07, 6.45) is -1.65. The van der Waals surface area contributed by atoms with Gasteiger partial charge < -0.3 is 31.3 Å². The minimum Gasteiger partial charge on any atom is -0.508 e. The summed E-state index contributed by atoms with van der Waals surface area (Å²) in [6, 6.07) is 3.21. The molecule has 2 unspecified atom stereocenters. The van der Waals surface area contributed by atoms with E-state index in [9.17, 15) is 39.9 Å². The van der Waals surface area contributed by atoms with Crippen LogP contribution in [0.25, 0.3) is 10.8 Å². The normalized spacial score (nSPS) is 22.5. The number of benzene rings is 2. The maximum Gasteiger partial charge on any atom is 0.206 e. The number of carbonyl (C=O) groups excluding carboxylic acids is 3. The lowest BCUT2D eigenvalue weighted by atomic mass is 9.66. The van der Waals surface area contributed by atoms with Crippen LogP contribution in [0.4, 0.5) is 0 Å². The Hall–Kier alpha value is -3.27. The van der Waals surface area contributed by atoms with Crippen molar-refractivity contribution >= 4 is 28.1 Å². The Kier molecular flexibility index (Phi) is 5.63. The monoisotopic (exact) mass is 443 g/mol. The number of carbonyl (C=O) groups is 3. The van der Waals surface area contributed by atoms with E-state index < -0.39 is 64.2 Å². The molecule has 0 spiro atoms. The van der Waals surface area contributed by atoms with E-state index in [1.165, 1.54) is 0 Å². The highest BCUT2D eigenvalue weighted by molar-refractivity contribution is 6.21. The Labute approximate surface area is 183 Å². The number of aliphatic hydroxyl groups is 3. The lowest BCUT2D eigenvalue weighted by Crippen LogP contribution is -2.56. The number of phenolic OH excluding ortho intramolecular Hbond substituents is 2. The van der Waals surface area contributed by atoms with E-state index >= 15 is 0 Å². The molecule has 1 aliphatic carbocycles. The van der Waals surface area contributed by atoms with Crippen LogP contribution >= 0.6 is 0 Å². The number of hydrogen-bond acceptors (Lipinski definition) is 9. The van der Waals surface area contributed by atoms with Crippen LogP contribution in [-0.4, -0.2) is 55.0 Å². The van der Waals surface area contributed by atoms with Gasteiger partial charge in [-0.3, -0.25) is 14.4 Å². The number of hydrogen-bond donors (Lipinski definition) is 6. The van der Waals surface area contributed by atoms with Crippen molar-refractivity contribution in [2.24, 2.45) is 11.7 Å². The van der Waals surface area contributed by atoms with Gasteiger partial charge in [0.2, 0.25) is 5.78 Å². The topological polar surface area (TPSA) is 178 Å². The quantitative estimate of drug-likeness (QED) is 0.176. The number of ketones is 3. The fraction of sp³-hybridized carbons (Fsp3) is 0.348. The fourth-order valence-corrected chi connectivity index (χ4v) is 4.58. The molecule has 0 amide bonds. The van der Waals surface area contributed by atoms with E-state index in [0.29, 0.717) is 16.5 Å². The van der Waals surface area contributed by atoms with Crippen molar-refractivity contribution in [1.29, 1.82) is 0 Å².